The number of hydrogen-bond donors (Lipinski definition) is 0. The third-order valence-electron chi connectivity index (χ3n) is 4.48. The Morgan fingerprint density at radius 1 is 1.25 bits per heavy atom. The first-order valence-electron chi connectivity index (χ1n) is 8.48. The largest absolute Gasteiger partial charge is 0.474 e. The average Bonchev–Trinajstić information content (AvgIpc) is 3.00. The van der Waals surface area contributed by atoms with Gasteiger partial charge in [-0.05, 0) is 39.3 Å². The van der Waals surface area contributed by atoms with Gasteiger partial charge in [0.25, 0.3) is 0 Å². The highest BCUT2D eigenvalue weighted by molar-refractivity contribution is 5.53. The third-order valence-corrected chi connectivity index (χ3v) is 4.48. The van der Waals surface area contributed by atoms with Gasteiger partial charge in [0.1, 0.15) is 12.2 Å². The molecule has 7 nitrogen and oxygen atoms in total. The SMILES string of the molecule is C[C@@H]1CN(C)C[C@H](c2nnc(-c3ccnc(OC4CCC4)c3)o2)O1. The van der Waals surface area contributed by atoms with Crippen molar-refractivity contribution in [2.45, 2.75) is 44.5 Å². The van der Waals surface area contributed by atoms with Crippen LogP contribution in [-0.2, 0) is 4.74 Å². The van der Waals surface area contributed by atoms with Crippen LogP contribution >= 0.6 is 0 Å². The first-order valence-corrected chi connectivity index (χ1v) is 8.48. The minimum Gasteiger partial charge on any atom is -0.474 e. The molecule has 1 saturated heterocycles. The van der Waals surface area contributed by atoms with Gasteiger partial charge in [-0.3, -0.25) is 0 Å². The maximum absolute atomic E-state index is 5.92. The van der Waals surface area contributed by atoms with E-state index >= 15 is 0 Å². The van der Waals surface area contributed by atoms with Crippen molar-refractivity contribution in [3.05, 3.63) is 24.2 Å². The van der Waals surface area contributed by atoms with Crippen LogP contribution in [0, 0.1) is 0 Å². The Morgan fingerprint density at radius 2 is 2.12 bits per heavy atom. The van der Waals surface area contributed by atoms with Crippen molar-refractivity contribution in [2.75, 3.05) is 20.1 Å². The summed E-state index contributed by atoms with van der Waals surface area (Å²) in [6, 6.07) is 3.70. The van der Waals surface area contributed by atoms with Crippen molar-refractivity contribution < 1.29 is 13.9 Å². The van der Waals surface area contributed by atoms with Crippen molar-refractivity contribution in [3.63, 3.8) is 0 Å². The van der Waals surface area contributed by atoms with Crippen LogP contribution in [0.25, 0.3) is 11.5 Å². The molecule has 2 aromatic heterocycles. The van der Waals surface area contributed by atoms with Gasteiger partial charge in [-0.25, -0.2) is 4.98 Å². The molecule has 4 rings (SSSR count). The second-order valence-electron chi connectivity index (χ2n) is 6.66. The molecular weight excluding hydrogens is 308 g/mol. The van der Waals surface area contributed by atoms with Gasteiger partial charge in [-0.15, -0.1) is 10.2 Å². The Morgan fingerprint density at radius 3 is 2.88 bits per heavy atom. The second kappa shape index (κ2) is 6.49. The molecule has 3 heterocycles. The summed E-state index contributed by atoms with van der Waals surface area (Å²) in [6.07, 6.45) is 5.38. The Balaban J connectivity index is 1.50. The van der Waals surface area contributed by atoms with Gasteiger partial charge >= 0.3 is 0 Å². The number of aromatic nitrogens is 3. The van der Waals surface area contributed by atoms with Crippen LogP contribution < -0.4 is 4.74 Å². The highest BCUT2D eigenvalue weighted by Crippen LogP contribution is 2.29. The molecule has 0 aromatic carbocycles. The molecule has 2 aromatic rings. The van der Waals surface area contributed by atoms with E-state index in [-0.39, 0.29) is 12.2 Å². The smallest absolute Gasteiger partial charge is 0.248 e. The van der Waals surface area contributed by atoms with Crippen LogP contribution in [0.5, 0.6) is 5.88 Å². The fourth-order valence-corrected chi connectivity index (χ4v) is 3.05. The monoisotopic (exact) mass is 330 g/mol. The lowest BCUT2D eigenvalue weighted by atomic mass is 9.96. The summed E-state index contributed by atoms with van der Waals surface area (Å²) in [4.78, 5) is 6.47. The molecule has 1 aliphatic carbocycles. The molecule has 24 heavy (non-hydrogen) atoms. The molecule has 128 valence electrons. The predicted molar refractivity (Wildman–Crippen MR) is 86.6 cm³/mol. The molecule has 0 amide bonds. The lowest BCUT2D eigenvalue weighted by Crippen LogP contribution is -2.40. The van der Waals surface area contributed by atoms with E-state index in [0.717, 1.165) is 31.5 Å². The van der Waals surface area contributed by atoms with E-state index in [0.29, 0.717) is 23.8 Å². The standard InChI is InChI=1S/C17H22N4O3/c1-11-9-21(2)10-14(22-11)17-20-19-16(24-17)12-6-7-18-15(8-12)23-13-4-3-5-13/h6-8,11,13-14H,3-5,9-10H2,1-2H3/t11-,14-/m1/s1. The quantitative estimate of drug-likeness (QED) is 0.852. The number of morpholine rings is 1. The zero-order chi connectivity index (χ0) is 16.5. The van der Waals surface area contributed by atoms with E-state index in [2.05, 4.69) is 27.1 Å². The van der Waals surface area contributed by atoms with E-state index in [9.17, 15) is 0 Å². The van der Waals surface area contributed by atoms with E-state index in [1.54, 1.807) is 6.20 Å². The van der Waals surface area contributed by atoms with Crippen molar-refractivity contribution in [2.24, 2.45) is 0 Å². The van der Waals surface area contributed by atoms with Gasteiger partial charge < -0.3 is 18.8 Å². The average molecular weight is 330 g/mol. The van der Waals surface area contributed by atoms with Crippen LogP contribution in [-0.4, -0.2) is 52.4 Å². The molecule has 2 atom stereocenters. The summed E-state index contributed by atoms with van der Waals surface area (Å²) in [6.45, 7) is 3.70. The summed E-state index contributed by atoms with van der Waals surface area (Å²) >= 11 is 0. The molecule has 7 heteroatoms. The van der Waals surface area contributed by atoms with Gasteiger partial charge in [0.2, 0.25) is 17.7 Å². The van der Waals surface area contributed by atoms with E-state index in [1.165, 1.54) is 6.42 Å². The molecule has 2 fully saturated rings. The number of likely N-dealkylation sites (N-methyl/N-ethyl adjacent to an activating group) is 1. The lowest BCUT2D eigenvalue weighted by molar-refractivity contribution is -0.0821. The van der Waals surface area contributed by atoms with Gasteiger partial charge in [0, 0.05) is 30.9 Å². The van der Waals surface area contributed by atoms with Crippen molar-refractivity contribution in [3.8, 4) is 17.3 Å². The Kier molecular flexibility index (Phi) is 4.20. The van der Waals surface area contributed by atoms with Crippen LogP contribution in [0.3, 0.4) is 0 Å². The summed E-state index contributed by atoms with van der Waals surface area (Å²) in [5.41, 5.74) is 0.815. The Bertz CT molecular complexity index is 691. The van der Waals surface area contributed by atoms with Crippen LogP contribution in [0.2, 0.25) is 0 Å². The molecule has 0 spiro atoms. The second-order valence-corrected chi connectivity index (χ2v) is 6.66. The molecule has 1 aliphatic heterocycles. The fourth-order valence-electron chi connectivity index (χ4n) is 3.05. The van der Waals surface area contributed by atoms with E-state index < -0.39 is 0 Å². The minimum atomic E-state index is -0.187. The minimum absolute atomic E-state index is 0.146. The summed E-state index contributed by atoms with van der Waals surface area (Å²) < 4.78 is 17.6. The lowest BCUT2D eigenvalue weighted by Gasteiger charge is -2.32. The number of ether oxygens (including phenoxy) is 2. The highest BCUT2D eigenvalue weighted by atomic mass is 16.5. The highest BCUT2D eigenvalue weighted by Gasteiger charge is 2.29. The zero-order valence-electron chi connectivity index (χ0n) is 14.0. The van der Waals surface area contributed by atoms with Gasteiger partial charge in [-0.1, -0.05) is 0 Å². The molecule has 1 saturated carbocycles. The number of pyridine rings is 1. The molecule has 2 aliphatic rings. The van der Waals surface area contributed by atoms with Crippen LogP contribution in [0.4, 0.5) is 0 Å². The normalized spacial score (nSPS) is 25.4. The van der Waals surface area contributed by atoms with Crippen molar-refractivity contribution in [1.29, 1.82) is 0 Å². The number of hydrogen-bond acceptors (Lipinski definition) is 7. The zero-order valence-corrected chi connectivity index (χ0v) is 14.0. The number of nitrogens with zero attached hydrogens (tertiary/aromatic N) is 4. The summed E-state index contributed by atoms with van der Waals surface area (Å²) in [7, 11) is 2.07. The Hall–Kier alpha value is -1.99. The molecule has 0 N–H and O–H groups in total. The van der Waals surface area contributed by atoms with Crippen LogP contribution in [0.15, 0.2) is 22.7 Å². The van der Waals surface area contributed by atoms with E-state index in [1.807, 2.05) is 19.1 Å². The topological polar surface area (TPSA) is 73.5 Å². The van der Waals surface area contributed by atoms with Crippen LogP contribution in [0.1, 0.15) is 38.2 Å². The maximum Gasteiger partial charge on any atom is 0.248 e. The van der Waals surface area contributed by atoms with E-state index in [4.69, 9.17) is 13.9 Å². The molecular formula is C17H22N4O3. The number of rotatable bonds is 4. The summed E-state index contributed by atoms with van der Waals surface area (Å²) in [5.74, 6) is 1.59. The van der Waals surface area contributed by atoms with Crippen molar-refractivity contribution in [1.82, 2.24) is 20.1 Å². The molecule has 0 radical (unpaired) electrons. The maximum atomic E-state index is 5.92. The van der Waals surface area contributed by atoms with Gasteiger partial charge in [-0.2, -0.15) is 0 Å². The first kappa shape index (κ1) is 15.5. The Labute approximate surface area is 141 Å². The summed E-state index contributed by atoms with van der Waals surface area (Å²) in [5, 5.41) is 8.34. The van der Waals surface area contributed by atoms with Gasteiger partial charge in [0.05, 0.1) is 6.10 Å². The molecule has 0 bridgehead atoms. The predicted octanol–water partition coefficient (Wildman–Crippen LogP) is 2.45. The fraction of sp³-hybridized carbons (Fsp3) is 0.588. The molecule has 0 unspecified atom stereocenters. The van der Waals surface area contributed by atoms with Crippen molar-refractivity contribution >= 4 is 0 Å². The van der Waals surface area contributed by atoms with Gasteiger partial charge in [0.15, 0.2) is 0 Å². The third kappa shape index (κ3) is 3.27. The first-order chi connectivity index (χ1) is 11.7.